The number of aliphatic carboxylic acids is 1. The van der Waals surface area contributed by atoms with Crippen LogP contribution in [0.15, 0.2) is 18.5 Å². The van der Waals surface area contributed by atoms with Gasteiger partial charge in [-0.05, 0) is 41.5 Å². The molecular formula is C12H18IN5O3. The van der Waals surface area contributed by atoms with E-state index in [0.717, 1.165) is 3.57 Å². The van der Waals surface area contributed by atoms with Crippen molar-refractivity contribution in [2.75, 3.05) is 6.54 Å². The number of aliphatic hydroxyl groups excluding tert-OH is 1. The lowest BCUT2D eigenvalue weighted by Crippen LogP contribution is -2.40. The van der Waals surface area contributed by atoms with Gasteiger partial charge in [-0.2, -0.15) is 0 Å². The van der Waals surface area contributed by atoms with Crippen LogP contribution in [0.5, 0.6) is 0 Å². The Bertz CT molecular complexity index is 500. The SMILES string of the molecule is N=C(N)NCCCC(NC(O)c1cncc(I)c1)C(=O)O. The summed E-state index contributed by atoms with van der Waals surface area (Å²) in [5.74, 6) is -1.20. The van der Waals surface area contributed by atoms with Crippen LogP contribution in [0.4, 0.5) is 0 Å². The Balaban J connectivity index is 2.53. The summed E-state index contributed by atoms with van der Waals surface area (Å²) in [5, 5.41) is 31.4. The van der Waals surface area contributed by atoms with E-state index in [0.29, 0.717) is 24.9 Å². The fourth-order valence-electron chi connectivity index (χ4n) is 1.67. The van der Waals surface area contributed by atoms with Crippen molar-refractivity contribution in [1.29, 1.82) is 5.41 Å². The van der Waals surface area contributed by atoms with Crippen LogP contribution in [0, 0.1) is 8.98 Å². The number of rotatable bonds is 8. The largest absolute Gasteiger partial charge is 0.480 e. The number of carboxylic acid groups (broad SMARTS) is 1. The topological polar surface area (TPSA) is 144 Å². The Labute approximate surface area is 135 Å². The van der Waals surface area contributed by atoms with Gasteiger partial charge in [0.1, 0.15) is 12.3 Å². The minimum absolute atomic E-state index is 0.153. The molecule has 1 aromatic heterocycles. The smallest absolute Gasteiger partial charge is 0.320 e. The van der Waals surface area contributed by atoms with Crippen molar-refractivity contribution in [1.82, 2.24) is 15.6 Å². The first-order valence-corrected chi connectivity index (χ1v) is 7.33. The van der Waals surface area contributed by atoms with Crippen LogP contribution in [0.25, 0.3) is 0 Å². The molecule has 2 atom stereocenters. The number of aliphatic hydroxyl groups is 1. The molecule has 9 heteroatoms. The molecule has 0 saturated carbocycles. The predicted molar refractivity (Wildman–Crippen MR) is 85.6 cm³/mol. The molecule has 8 nitrogen and oxygen atoms in total. The maximum Gasteiger partial charge on any atom is 0.320 e. The number of nitrogens with one attached hydrogen (secondary N) is 3. The number of halogens is 1. The molecule has 0 fully saturated rings. The molecule has 1 aromatic rings. The van der Waals surface area contributed by atoms with Gasteiger partial charge in [0.05, 0.1) is 0 Å². The van der Waals surface area contributed by atoms with Gasteiger partial charge in [0.25, 0.3) is 0 Å². The summed E-state index contributed by atoms with van der Waals surface area (Å²) >= 11 is 2.06. The molecule has 0 saturated heterocycles. The second-order valence-electron chi connectivity index (χ2n) is 4.38. The standard InChI is InChI=1S/C12H18IN5O3/c13-8-4-7(5-16-6-8)10(19)18-9(11(20)21)2-1-3-17-12(14)15/h4-6,9-10,18-19H,1-3H2,(H,20,21)(H4,14,15,17). The van der Waals surface area contributed by atoms with Gasteiger partial charge >= 0.3 is 5.97 Å². The zero-order valence-electron chi connectivity index (χ0n) is 11.2. The zero-order valence-corrected chi connectivity index (χ0v) is 13.4. The number of nitrogens with zero attached hydrogens (tertiary/aromatic N) is 1. The van der Waals surface area contributed by atoms with Crippen LogP contribution in [0.2, 0.25) is 0 Å². The van der Waals surface area contributed by atoms with Crippen molar-refractivity contribution in [3.63, 3.8) is 0 Å². The Morgan fingerprint density at radius 3 is 2.81 bits per heavy atom. The van der Waals surface area contributed by atoms with Gasteiger partial charge in [0.15, 0.2) is 5.96 Å². The van der Waals surface area contributed by atoms with Crippen molar-refractivity contribution >= 4 is 34.5 Å². The molecule has 0 aliphatic heterocycles. The molecule has 0 aromatic carbocycles. The number of guanidine groups is 1. The maximum absolute atomic E-state index is 11.2. The summed E-state index contributed by atoms with van der Waals surface area (Å²) in [5.41, 5.74) is 5.64. The van der Waals surface area contributed by atoms with Gasteiger partial charge in [-0.25, -0.2) is 0 Å². The zero-order chi connectivity index (χ0) is 15.8. The average Bonchev–Trinajstić information content (AvgIpc) is 2.41. The van der Waals surface area contributed by atoms with E-state index in [1.807, 2.05) is 0 Å². The van der Waals surface area contributed by atoms with Gasteiger partial charge in [-0.1, -0.05) is 0 Å². The van der Waals surface area contributed by atoms with Crippen molar-refractivity contribution in [3.05, 3.63) is 27.6 Å². The van der Waals surface area contributed by atoms with Crippen molar-refractivity contribution in [3.8, 4) is 0 Å². The number of hydrogen-bond acceptors (Lipinski definition) is 5. The first-order valence-electron chi connectivity index (χ1n) is 6.25. The lowest BCUT2D eigenvalue weighted by Gasteiger charge is -2.19. The molecule has 0 spiro atoms. The van der Waals surface area contributed by atoms with Gasteiger partial charge in [0.2, 0.25) is 0 Å². The molecule has 2 unspecified atom stereocenters. The Morgan fingerprint density at radius 2 is 2.24 bits per heavy atom. The highest BCUT2D eigenvalue weighted by Gasteiger charge is 2.21. The van der Waals surface area contributed by atoms with E-state index in [1.54, 1.807) is 12.3 Å². The number of pyridine rings is 1. The molecule has 0 radical (unpaired) electrons. The van der Waals surface area contributed by atoms with Crippen LogP contribution in [0.3, 0.4) is 0 Å². The van der Waals surface area contributed by atoms with E-state index in [1.165, 1.54) is 6.20 Å². The minimum atomic E-state index is -1.10. The first-order chi connectivity index (χ1) is 9.90. The molecule has 1 heterocycles. The van der Waals surface area contributed by atoms with Crippen LogP contribution < -0.4 is 16.4 Å². The summed E-state index contributed by atoms with van der Waals surface area (Å²) < 4.78 is 0.850. The summed E-state index contributed by atoms with van der Waals surface area (Å²) in [6.07, 6.45) is 2.81. The molecule has 0 amide bonds. The van der Waals surface area contributed by atoms with Gasteiger partial charge < -0.3 is 21.3 Å². The number of carboxylic acids is 1. The number of carbonyl (C=O) groups is 1. The normalized spacial score (nSPS) is 13.4. The van der Waals surface area contributed by atoms with E-state index in [2.05, 4.69) is 38.2 Å². The predicted octanol–water partition coefficient (Wildman–Crippen LogP) is -0.0168. The number of nitrogens with two attached hydrogens (primary N) is 1. The Morgan fingerprint density at radius 1 is 1.52 bits per heavy atom. The lowest BCUT2D eigenvalue weighted by atomic mass is 10.1. The number of aromatic nitrogens is 1. The van der Waals surface area contributed by atoms with E-state index >= 15 is 0 Å². The van der Waals surface area contributed by atoms with Gasteiger partial charge in [0, 0.05) is 28.1 Å². The second-order valence-corrected chi connectivity index (χ2v) is 5.62. The lowest BCUT2D eigenvalue weighted by molar-refractivity contribution is -0.140. The van der Waals surface area contributed by atoms with Crippen molar-refractivity contribution in [2.24, 2.45) is 5.73 Å². The Kier molecular flexibility index (Phi) is 7.32. The van der Waals surface area contributed by atoms with Crippen molar-refractivity contribution in [2.45, 2.75) is 25.1 Å². The summed E-state index contributed by atoms with van der Waals surface area (Å²) in [6, 6.07) is 0.827. The third-order valence-corrected chi connectivity index (χ3v) is 3.27. The highest BCUT2D eigenvalue weighted by atomic mass is 127. The number of hydrogen-bond donors (Lipinski definition) is 6. The fourth-order valence-corrected chi connectivity index (χ4v) is 2.19. The molecule has 1 rings (SSSR count). The third-order valence-electron chi connectivity index (χ3n) is 2.68. The van der Waals surface area contributed by atoms with Gasteiger partial charge in [-0.3, -0.25) is 20.5 Å². The Hall–Kier alpha value is -1.46. The monoisotopic (exact) mass is 407 g/mol. The summed E-state index contributed by atoms with van der Waals surface area (Å²) in [7, 11) is 0. The highest BCUT2D eigenvalue weighted by molar-refractivity contribution is 14.1. The quantitative estimate of drug-likeness (QED) is 0.117. The average molecular weight is 407 g/mol. The van der Waals surface area contributed by atoms with Crippen LogP contribution in [-0.4, -0.2) is 39.7 Å². The maximum atomic E-state index is 11.2. The molecular weight excluding hydrogens is 389 g/mol. The van der Waals surface area contributed by atoms with E-state index < -0.39 is 18.2 Å². The van der Waals surface area contributed by atoms with E-state index in [-0.39, 0.29) is 5.96 Å². The summed E-state index contributed by atoms with van der Waals surface area (Å²) in [6.45, 7) is 0.404. The van der Waals surface area contributed by atoms with Crippen LogP contribution in [-0.2, 0) is 4.79 Å². The molecule has 7 N–H and O–H groups in total. The molecule has 116 valence electrons. The minimum Gasteiger partial charge on any atom is -0.480 e. The van der Waals surface area contributed by atoms with Crippen LogP contribution in [0.1, 0.15) is 24.6 Å². The van der Waals surface area contributed by atoms with Crippen LogP contribution >= 0.6 is 22.6 Å². The van der Waals surface area contributed by atoms with Gasteiger partial charge in [-0.15, -0.1) is 0 Å². The molecule has 0 aliphatic rings. The third kappa shape index (κ3) is 6.69. The van der Waals surface area contributed by atoms with E-state index in [9.17, 15) is 9.90 Å². The fraction of sp³-hybridized carbons (Fsp3) is 0.417. The molecule has 0 aliphatic carbocycles. The van der Waals surface area contributed by atoms with E-state index in [4.69, 9.17) is 16.2 Å². The first kappa shape index (κ1) is 17.6. The highest BCUT2D eigenvalue weighted by Crippen LogP contribution is 2.13. The van der Waals surface area contributed by atoms with Crippen molar-refractivity contribution < 1.29 is 15.0 Å². The molecule has 0 bridgehead atoms. The summed E-state index contributed by atoms with van der Waals surface area (Å²) in [4.78, 5) is 15.1. The second kappa shape index (κ2) is 8.74. The molecule has 21 heavy (non-hydrogen) atoms.